The maximum Gasteiger partial charge on any atom is 0.154 e. The van der Waals surface area contributed by atoms with E-state index in [2.05, 4.69) is 32.5 Å². The summed E-state index contributed by atoms with van der Waals surface area (Å²) in [5.74, 6) is 2.03. The number of hydrogen-bond donors (Lipinski definition) is 2. The van der Waals surface area contributed by atoms with Crippen molar-refractivity contribution >= 4 is 5.82 Å². The number of ether oxygens (including phenoxy) is 1. The smallest absolute Gasteiger partial charge is 0.154 e. The van der Waals surface area contributed by atoms with Crippen molar-refractivity contribution in [3.63, 3.8) is 0 Å². The highest BCUT2D eigenvalue weighted by atomic mass is 16.5. The quantitative estimate of drug-likeness (QED) is 0.753. The monoisotopic (exact) mass is 284 g/mol. The fraction of sp³-hybridized carbons (Fsp3) is 0.438. The van der Waals surface area contributed by atoms with Gasteiger partial charge in [0.05, 0.1) is 12.8 Å². The van der Waals surface area contributed by atoms with Gasteiger partial charge in [-0.2, -0.15) is 5.10 Å². The Morgan fingerprint density at radius 2 is 2.19 bits per heavy atom. The van der Waals surface area contributed by atoms with Gasteiger partial charge in [-0.05, 0) is 30.7 Å². The number of hydrogen-bond acceptors (Lipinski definition) is 4. The van der Waals surface area contributed by atoms with E-state index in [0.717, 1.165) is 49.9 Å². The first-order chi connectivity index (χ1) is 10.4. The highest BCUT2D eigenvalue weighted by Gasteiger charge is 2.27. The second-order valence-electron chi connectivity index (χ2n) is 5.69. The Balaban J connectivity index is 1.70. The number of aromatic amines is 1. The lowest BCUT2D eigenvalue weighted by Crippen LogP contribution is -2.28. The average molecular weight is 284 g/mol. The van der Waals surface area contributed by atoms with E-state index in [9.17, 15) is 0 Å². The van der Waals surface area contributed by atoms with Crippen LogP contribution < -0.4 is 15.0 Å². The lowest BCUT2D eigenvalue weighted by Gasteiger charge is -2.20. The standard InChI is InChI=1S/C16H20N4O/c1-21-12-4-3-11-9-14-15(13(11)10-12)18-19-16(14)20-7-2-5-17-6-8-20/h3-4,10,17H,2,5-9H2,1H3,(H,18,19). The van der Waals surface area contributed by atoms with Gasteiger partial charge in [-0.25, -0.2) is 0 Å². The van der Waals surface area contributed by atoms with Gasteiger partial charge in [0.25, 0.3) is 0 Å². The summed E-state index contributed by atoms with van der Waals surface area (Å²) in [4.78, 5) is 2.40. The van der Waals surface area contributed by atoms with E-state index < -0.39 is 0 Å². The number of methoxy groups -OCH3 is 1. The number of nitrogens with zero attached hydrogens (tertiary/aromatic N) is 2. The number of H-pyrrole nitrogens is 1. The summed E-state index contributed by atoms with van der Waals surface area (Å²) in [5.41, 5.74) is 5.08. The Bertz CT molecular complexity index is 656. The molecule has 1 saturated heterocycles. The van der Waals surface area contributed by atoms with E-state index in [0.29, 0.717) is 0 Å². The molecule has 21 heavy (non-hydrogen) atoms. The molecule has 1 aliphatic carbocycles. The average Bonchev–Trinajstić information content (AvgIpc) is 2.95. The second-order valence-corrected chi connectivity index (χ2v) is 5.69. The Morgan fingerprint density at radius 3 is 3.10 bits per heavy atom. The molecule has 2 aromatic rings. The molecule has 2 N–H and O–H groups in total. The molecule has 5 heteroatoms. The molecule has 0 unspecified atom stereocenters. The third-order valence-electron chi connectivity index (χ3n) is 4.44. The number of rotatable bonds is 2. The van der Waals surface area contributed by atoms with E-state index in [1.165, 1.54) is 23.1 Å². The summed E-state index contributed by atoms with van der Waals surface area (Å²) < 4.78 is 5.34. The van der Waals surface area contributed by atoms with Crippen LogP contribution >= 0.6 is 0 Å². The van der Waals surface area contributed by atoms with E-state index in [1.807, 2.05) is 6.07 Å². The Labute approximate surface area is 124 Å². The Kier molecular flexibility index (Phi) is 3.07. The normalized spacial score (nSPS) is 17.3. The summed E-state index contributed by atoms with van der Waals surface area (Å²) in [7, 11) is 1.71. The predicted molar refractivity (Wildman–Crippen MR) is 83.1 cm³/mol. The molecule has 5 nitrogen and oxygen atoms in total. The van der Waals surface area contributed by atoms with Gasteiger partial charge in [0.1, 0.15) is 5.75 Å². The Hall–Kier alpha value is -2.01. The molecule has 1 aromatic heterocycles. The zero-order chi connectivity index (χ0) is 14.2. The van der Waals surface area contributed by atoms with Crippen LogP contribution in [-0.4, -0.2) is 43.5 Å². The van der Waals surface area contributed by atoms with Crippen molar-refractivity contribution in [2.45, 2.75) is 12.8 Å². The predicted octanol–water partition coefficient (Wildman–Crippen LogP) is 1.79. The van der Waals surface area contributed by atoms with Crippen LogP contribution in [-0.2, 0) is 6.42 Å². The third kappa shape index (κ3) is 2.08. The van der Waals surface area contributed by atoms with Crippen LogP contribution in [0.4, 0.5) is 5.82 Å². The molecule has 0 atom stereocenters. The largest absolute Gasteiger partial charge is 0.497 e. The van der Waals surface area contributed by atoms with Crippen LogP contribution in [0, 0.1) is 0 Å². The van der Waals surface area contributed by atoms with Crippen LogP contribution in [0.2, 0.25) is 0 Å². The van der Waals surface area contributed by atoms with Gasteiger partial charge in [-0.1, -0.05) is 6.07 Å². The molecule has 0 radical (unpaired) electrons. The number of anilines is 1. The van der Waals surface area contributed by atoms with Crippen molar-refractivity contribution in [3.8, 4) is 17.0 Å². The minimum Gasteiger partial charge on any atom is -0.497 e. The first-order valence-electron chi connectivity index (χ1n) is 7.57. The van der Waals surface area contributed by atoms with Crippen molar-refractivity contribution in [3.05, 3.63) is 29.3 Å². The fourth-order valence-electron chi connectivity index (χ4n) is 3.32. The van der Waals surface area contributed by atoms with E-state index >= 15 is 0 Å². The summed E-state index contributed by atoms with van der Waals surface area (Å²) in [6, 6.07) is 6.30. The topological polar surface area (TPSA) is 53.2 Å². The van der Waals surface area contributed by atoms with E-state index in [4.69, 9.17) is 4.74 Å². The van der Waals surface area contributed by atoms with Gasteiger partial charge in [-0.3, -0.25) is 5.10 Å². The zero-order valence-corrected chi connectivity index (χ0v) is 12.3. The maximum absolute atomic E-state index is 5.34. The van der Waals surface area contributed by atoms with Gasteiger partial charge in [0, 0.05) is 37.2 Å². The second kappa shape index (κ2) is 5.07. The van der Waals surface area contributed by atoms with Crippen molar-refractivity contribution < 1.29 is 4.74 Å². The van der Waals surface area contributed by atoms with Gasteiger partial charge in [0.15, 0.2) is 5.82 Å². The maximum atomic E-state index is 5.34. The van der Waals surface area contributed by atoms with Crippen LogP contribution in [0.1, 0.15) is 17.5 Å². The van der Waals surface area contributed by atoms with Crippen molar-refractivity contribution in [2.24, 2.45) is 0 Å². The van der Waals surface area contributed by atoms with Gasteiger partial charge < -0.3 is 15.0 Å². The molecule has 110 valence electrons. The third-order valence-corrected chi connectivity index (χ3v) is 4.44. The highest BCUT2D eigenvalue weighted by Crippen LogP contribution is 2.41. The van der Waals surface area contributed by atoms with Crippen molar-refractivity contribution in [2.75, 3.05) is 38.2 Å². The molecular formula is C16H20N4O. The number of aromatic nitrogens is 2. The van der Waals surface area contributed by atoms with E-state index in [1.54, 1.807) is 7.11 Å². The van der Waals surface area contributed by atoms with Crippen LogP contribution in [0.15, 0.2) is 18.2 Å². The first kappa shape index (κ1) is 12.7. The summed E-state index contributed by atoms with van der Waals surface area (Å²) in [6.07, 6.45) is 2.13. The minimum absolute atomic E-state index is 0.900. The lowest BCUT2D eigenvalue weighted by atomic mass is 10.1. The first-order valence-corrected chi connectivity index (χ1v) is 7.57. The summed E-state index contributed by atoms with van der Waals surface area (Å²) in [6.45, 7) is 4.23. The summed E-state index contributed by atoms with van der Waals surface area (Å²) >= 11 is 0. The van der Waals surface area contributed by atoms with Gasteiger partial charge in [0.2, 0.25) is 0 Å². The molecule has 1 fully saturated rings. The van der Waals surface area contributed by atoms with Crippen LogP contribution in [0.5, 0.6) is 5.75 Å². The lowest BCUT2D eigenvalue weighted by molar-refractivity contribution is 0.415. The fourth-order valence-corrected chi connectivity index (χ4v) is 3.32. The zero-order valence-electron chi connectivity index (χ0n) is 12.3. The van der Waals surface area contributed by atoms with Crippen LogP contribution in [0.25, 0.3) is 11.3 Å². The van der Waals surface area contributed by atoms with Crippen molar-refractivity contribution in [1.29, 1.82) is 0 Å². The molecule has 0 spiro atoms. The number of fused-ring (bicyclic) bond motifs is 3. The molecule has 2 heterocycles. The molecule has 0 saturated carbocycles. The van der Waals surface area contributed by atoms with Crippen molar-refractivity contribution in [1.82, 2.24) is 15.5 Å². The van der Waals surface area contributed by atoms with Gasteiger partial charge in [-0.15, -0.1) is 0 Å². The Morgan fingerprint density at radius 1 is 1.24 bits per heavy atom. The molecule has 1 aliphatic heterocycles. The van der Waals surface area contributed by atoms with E-state index in [-0.39, 0.29) is 0 Å². The SMILES string of the molecule is COc1ccc2c(c1)-c1[nH]nc(N3CCCNCC3)c1C2. The molecule has 1 aromatic carbocycles. The molecular weight excluding hydrogens is 264 g/mol. The summed E-state index contributed by atoms with van der Waals surface area (Å²) in [5, 5.41) is 11.3. The molecule has 0 bridgehead atoms. The number of nitrogens with one attached hydrogen (secondary N) is 2. The van der Waals surface area contributed by atoms with Gasteiger partial charge >= 0.3 is 0 Å². The number of benzene rings is 1. The molecule has 0 amide bonds. The highest BCUT2D eigenvalue weighted by molar-refractivity contribution is 5.79. The molecule has 4 rings (SSSR count). The minimum atomic E-state index is 0.900. The van der Waals surface area contributed by atoms with Crippen LogP contribution in [0.3, 0.4) is 0 Å². The molecule has 2 aliphatic rings.